The minimum absolute atomic E-state index is 0.0445. The molecule has 2 unspecified atom stereocenters. The van der Waals surface area contributed by atoms with E-state index in [4.69, 9.17) is 14.2 Å². The van der Waals surface area contributed by atoms with Gasteiger partial charge in [-0.05, 0) is 25.7 Å². The lowest BCUT2D eigenvalue weighted by Gasteiger charge is -2.24. The molecule has 0 aromatic heterocycles. The number of methoxy groups -OCH3 is 2. The number of ether oxygens (including phenoxy) is 3. The molecular weight excluding hydrogens is 410 g/mol. The van der Waals surface area contributed by atoms with Crippen molar-refractivity contribution in [2.24, 2.45) is 10.9 Å². The summed E-state index contributed by atoms with van der Waals surface area (Å²) >= 11 is 0. The van der Waals surface area contributed by atoms with Gasteiger partial charge in [-0.15, -0.1) is 0 Å². The number of guanidine groups is 1. The molecule has 0 saturated carbocycles. The molecule has 32 heavy (non-hydrogen) atoms. The number of benzene rings is 1. The summed E-state index contributed by atoms with van der Waals surface area (Å²) in [6.45, 7) is 8.75. The number of nitrogens with one attached hydrogen (secondary N) is 3. The van der Waals surface area contributed by atoms with E-state index in [1.165, 1.54) is 0 Å². The first kappa shape index (κ1) is 25.4. The summed E-state index contributed by atoms with van der Waals surface area (Å²) in [4.78, 5) is 18.5. The van der Waals surface area contributed by atoms with E-state index in [1.807, 2.05) is 18.2 Å². The Morgan fingerprint density at radius 2 is 1.91 bits per heavy atom. The molecule has 1 amide bonds. The van der Waals surface area contributed by atoms with Crippen molar-refractivity contribution in [1.82, 2.24) is 16.0 Å². The van der Waals surface area contributed by atoms with Crippen LogP contribution < -0.4 is 30.3 Å². The maximum absolute atomic E-state index is 11.9. The highest BCUT2D eigenvalue weighted by Gasteiger charge is 2.25. The minimum Gasteiger partial charge on any atom is -0.497 e. The number of alkyl carbamates (subject to hydrolysis) is 1. The monoisotopic (exact) mass is 449 g/mol. The summed E-state index contributed by atoms with van der Waals surface area (Å²) in [7, 11) is 5.07. The Kier molecular flexibility index (Phi) is 10.2. The second-order valence-electron chi connectivity index (χ2n) is 8.29. The molecule has 0 radical (unpaired) electrons. The van der Waals surface area contributed by atoms with E-state index in [9.17, 15) is 4.79 Å². The van der Waals surface area contributed by atoms with Crippen LogP contribution in [0.4, 0.5) is 10.5 Å². The lowest BCUT2D eigenvalue weighted by atomic mass is 10.0. The van der Waals surface area contributed by atoms with Crippen molar-refractivity contribution in [3.8, 4) is 11.5 Å². The third kappa shape index (κ3) is 8.01. The molecule has 1 aliphatic rings. The lowest BCUT2D eigenvalue weighted by Crippen LogP contribution is -2.50. The Bertz CT molecular complexity index is 734. The van der Waals surface area contributed by atoms with Crippen LogP contribution in [0.2, 0.25) is 0 Å². The number of hydrogen-bond donors (Lipinski definition) is 3. The van der Waals surface area contributed by atoms with E-state index in [2.05, 4.69) is 39.7 Å². The number of rotatable bonds is 10. The first-order chi connectivity index (χ1) is 15.4. The zero-order valence-electron chi connectivity index (χ0n) is 20.2. The molecule has 1 fully saturated rings. The molecule has 9 nitrogen and oxygen atoms in total. The van der Waals surface area contributed by atoms with Crippen molar-refractivity contribution in [1.29, 1.82) is 0 Å². The zero-order chi connectivity index (χ0) is 23.5. The summed E-state index contributed by atoms with van der Waals surface area (Å²) in [5, 5.41) is 9.79. The largest absolute Gasteiger partial charge is 0.497 e. The van der Waals surface area contributed by atoms with Crippen molar-refractivity contribution < 1.29 is 19.0 Å². The Hall–Kier alpha value is -2.84. The number of carbonyl (C=O) groups is 1. The fraction of sp³-hybridized carbons (Fsp3) is 0.652. The Morgan fingerprint density at radius 1 is 1.22 bits per heavy atom. The van der Waals surface area contributed by atoms with Gasteiger partial charge in [-0.25, -0.2) is 4.79 Å². The normalized spacial score (nSPS) is 17.2. The fourth-order valence-electron chi connectivity index (χ4n) is 3.80. The number of hydrogen-bond acceptors (Lipinski definition) is 6. The van der Waals surface area contributed by atoms with Crippen LogP contribution in [-0.4, -0.2) is 71.6 Å². The van der Waals surface area contributed by atoms with Gasteiger partial charge in [0.05, 0.1) is 20.8 Å². The molecular formula is C23H39N5O4. The second-order valence-corrected chi connectivity index (χ2v) is 8.29. The Balaban J connectivity index is 1.91. The molecule has 0 aliphatic carbocycles. The highest BCUT2D eigenvalue weighted by molar-refractivity contribution is 5.80. The molecule has 9 heteroatoms. The third-order valence-electron chi connectivity index (χ3n) is 5.32. The van der Waals surface area contributed by atoms with Crippen molar-refractivity contribution >= 4 is 17.7 Å². The second kappa shape index (κ2) is 12.9. The van der Waals surface area contributed by atoms with Gasteiger partial charge < -0.3 is 35.1 Å². The summed E-state index contributed by atoms with van der Waals surface area (Å²) in [6.07, 6.45) is 1.44. The standard InChI is InChI=1S/C23H39N5O4/c1-7-32-23(29)27-18(10-16(2)3)14-25-22(24-4)26-17-8-9-28(15-17)19-11-20(30-5)13-21(12-19)31-6/h11-13,16-18H,7-10,14-15H2,1-6H3,(H,27,29)(H2,24,25,26). The first-order valence-electron chi connectivity index (χ1n) is 11.3. The average Bonchev–Trinajstić information content (AvgIpc) is 3.24. The molecule has 2 atom stereocenters. The van der Waals surface area contributed by atoms with Crippen LogP contribution in [0, 0.1) is 5.92 Å². The molecule has 0 bridgehead atoms. The van der Waals surface area contributed by atoms with Gasteiger partial charge >= 0.3 is 6.09 Å². The van der Waals surface area contributed by atoms with Crippen molar-refractivity contribution in [2.45, 2.75) is 45.7 Å². The minimum atomic E-state index is -0.386. The predicted molar refractivity (Wildman–Crippen MR) is 128 cm³/mol. The van der Waals surface area contributed by atoms with Crippen LogP contribution in [0.1, 0.15) is 33.6 Å². The van der Waals surface area contributed by atoms with E-state index in [1.54, 1.807) is 28.2 Å². The highest BCUT2D eigenvalue weighted by Crippen LogP contribution is 2.30. The van der Waals surface area contributed by atoms with Gasteiger partial charge in [-0.2, -0.15) is 0 Å². The molecule has 2 rings (SSSR count). The molecule has 3 N–H and O–H groups in total. The maximum atomic E-state index is 11.9. The van der Waals surface area contributed by atoms with Gasteiger partial charge in [0.1, 0.15) is 11.5 Å². The van der Waals surface area contributed by atoms with Crippen molar-refractivity contribution in [3.63, 3.8) is 0 Å². The quantitative estimate of drug-likeness (QED) is 0.373. The molecule has 1 aliphatic heterocycles. The van der Waals surface area contributed by atoms with Crippen LogP contribution in [0.15, 0.2) is 23.2 Å². The smallest absolute Gasteiger partial charge is 0.407 e. The molecule has 1 saturated heterocycles. The third-order valence-corrected chi connectivity index (χ3v) is 5.32. The zero-order valence-corrected chi connectivity index (χ0v) is 20.2. The van der Waals surface area contributed by atoms with E-state index in [0.29, 0.717) is 19.1 Å². The first-order valence-corrected chi connectivity index (χ1v) is 11.3. The number of nitrogens with zero attached hydrogens (tertiary/aromatic N) is 2. The summed E-state index contributed by atoms with van der Waals surface area (Å²) in [5.74, 6) is 2.72. The highest BCUT2D eigenvalue weighted by atomic mass is 16.5. The van der Waals surface area contributed by atoms with Gasteiger partial charge in [0.25, 0.3) is 0 Å². The van der Waals surface area contributed by atoms with Gasteiger partial charge in [0, 0.05) is 62.7 Å². The predicted octanol–water partition coefficient (Wildman–Crippen LogP) is 2.61. The number of carbonyl (C=O) groups excluding carboxylic acids is 1. The van der Waals surface area contributed by atoms with Crippen LogP contribution in [0.25, 0.3) is 0 Å². The average molecular weight is 450 g/mol. The lowest BCUT2D eigenvalue weighted by molar-refractivity contribution is 0.146. The molecule has 1 heterocycles. The summed E-state index contributed by atoms with van der Waals surface area (Å²) < 4.78 is 15.8. The van der Waals surface area contributed by atoms with Gasteiger partial charge in [-0.1, -0.05) is 13.8 Å². The van der Waals surface area contributed by atoms with Gasteiger partial charge in [0.2, 0.25) is 0 Å². The Labute approximate surface area is 191 Å². The van der Waals surface area contributed by atoms with Gasteiger partial charge in [0.15, 0.2) is 5.96 Å². The Morgan fingerprint density at radius 3 is 2.47 bits per heavy atom. The topological polar surface area (TPSA) is 96.5 Å². The van der Waals surface area contributed by atoms with E-state index in [0.717, 1.165) is 49.1 Å². The molecule has 1 aromatic carbocycles. The maximum Gasteiger partial charge on any atom is 0.407 e. The van der Waals surface area contributed by atoms with E-state index >= 15 is 0 Å². The number of aliphatic imine (C=N–C) groups is 1. The van der Waals surface area contributed by atoms with E-state index in [-0.39, 0.29) is 18.2 Å². The molecule has 0 spiro atoms. The SMILES string of the molecule is CCOC(=O)NC(CNC(=NC)NC1CCN(c2cc(OC)cc(OC)c2)C1)CC(C)C. The van der Waals surface area contributed by atoms with E-state index < -0.39 is 0 Å². The van der Waals surface area contributed by atoms with Crippen LogP contribution in [-0.2, 0) is 4.74 Å². The van der Waals surface area contributed by atoms with Crippen molar-refractivity contribution in [2.75, 3.05) is 52.4 Å². The van der Waals surface area contributed by atoms with Crippen LogP contribution in [0.5, 0.6) is 11.5 Å². The number of anilines is 1. The fourth-order valence-corrected chi connectivity index (χ4v) is 3.80. The van der Waals surface area contributed by atoms with Crippen molar-refractivity contribution in [3.05, 3.63) is 18.2 Å². The van der Waals surface area contributed by atoms with Crippen LogP contribution in [0.3, 0.4) is 0 Å². The molecule has 1 aromatic rings. The summed E-state index contributed by atoms with van der Waals surface area (Å²) in [6, 6.07) is 6.13. The summed E-state index contributed by atoms with van der Waals surface area (Å²) in [5.41, 5.74) is 1.07. The number of amides is 1. The van der Waals surface area contributed by atoms with Gasteiger partial charge in [-0.3, -0.25) is 4.99 Å². The molecule has 180 valence electrons. The van der Waals surface area contributed by atoms with Crippen LogP contribution >= 0.6 is 0 Å².